The predicted octanol–water partition coefficient (Wildman–Crippen LogP) is 3.95. The second kappa shape index (κ2) is 9.52. The Morgan fingerprint density at radius 3 is 2.60 bits per heavy atom. The molecular formula is C19H25N3O3. The lowest BCUT2D eigenvalue weighted by molar-refractivity contribution is 0.102. The van der Waals surface area contributed by atoms with Crippen LogP contribution in [0.2, 0.25) is 0 Å². The van der Waals surface area contributed by atoms with Crippen LogP contribution in [0.15, 0.2) is 36.5 Å². The van der Waals surface area contributed by atoms with Crippen molar-refractivity contribution in [1.29, 1.82) is 0 Å². The van der Waals surface area contributed by atoms with Crippen LogP contribution in [-0.2, 0) is 0 Å². The molecule has 0 fully saturated rings. The molecule has 134 valence electrons. The summed E-state index contributed by atoms with van der Waals surface area (Å²) in [6.07, 6.45) is 5.17. The van der Waals surface area contributed by atoms with E-state index < -0.39 is 0 Å². The van der Waals surface area contributed by atoms with E-state index in [-0.39, 0.29) is 5.91 Å². The van der Waals surface area contributed by atoms with E-state index in [0.717, 1.165) is 18.7 Å². The first-order valence-corrected chi connectivity index (χ1v) is 8.41. The molecule has 0 atom stereocenters. The summed E-state index contributed by atoms with van der Waals surface area (Å²) in [5.41, 5.74) is 1.78. The summed E-state index contributed by atoms with van der Waals surface area (Å²) in [6.45, 7) is 3.08. The van der Waals surface area contributed by atoms with E-state index in [4.69, 9.17) is 9.47 Å². The van der Waals surface area contributed by atoms with Crippen molar-refractivity contribution >= 4 is 17.3 Å². The number of hydrogen-bond acceptors (Lipinski definition) is 5. The van der Waals surface area contributed by atoms with Gasteiger partial charge in [-0.3, -0.25) is 4.79 Å². The molecule has 0 aliphatic carbocycles. The second-order valence-electron chi connectivity index (χ2n) is 5.59. The van der Waals surface area contributed by atoms with Crippen molar-refractivity contribution in [1.82, 2.24) is 4.98 Å². The predicted molar refractivity (Wildman–Crippen MR) is 99.8 cm³/mol. The Balaban J connectivity index is 2.01. The summed E-state index contributed by atoms with van der Waals surface area (Å²) in [5, 5.41) is 6.10. The average Bonchev–Trinajstić information content (AvgIpc) is 2.65. The van der Waals surface area contributed by atoms with Gasteiger partial charge in [0.05, 0.1) is 31.8 Å². The molecule has 2 rings (SSSR count). The van der Waals surface area contributed by atoms with E-state index in [1.807, 2.05) is 6.07 Å². The third-order valence-electron chi connectivity index (χ3n) is 3.76. The highest BCUT2D eigenvalue weighted by molar-refractivity contribution is 6.03. The monoisotopic (exact) mass is 343 g/mol. The number of ether oxygens (including phenoxy) is 2. The zero-order valence-corrected chi connectivity index (χ0v) is 15.0. The Bertz CT molecular complexity index is 687. The summed E-state index contributed by atoms with van der Waals surface area (Å²) < 4.78 is 10.4. The minimum absolute atomic E-state index is 0.302. The van der Waals surface area contributed by atoms with Crippen molar-refractivity contribution in [2.75, 3.05) is 31.4 Å². The molecule has 2 aromatic rings. The van der Waals surface area contributed by atoms with Gasteiger partial charge in [-0.1, -0.05) is 19.8 Å². The van der Waals surface area contributed by atoms with Gasteiger partial charge >= 0.3 is 0 Å². The van der Waals surface area contributed by atoms with Crippen LogP contribution in [-0.4, -0.2) is 31.7 Å². The van der Waals surface area contributed by atoms with Gasteiger partial charge in [-0.2, -0.15) is 0 Å². The van der Waals surface area contributed by atoms with Crippen molar-refractivity contribution < 1.29 is 14.3 Å². The SMILES string of the molecule is CCCCCNc1ccc(C(=O)Nc2cc(OC)ccc2OC)nc1. The molecule has 6 heteroatoms. The number of carbonyl (C=O) groups is 1. The molecule has 6 nitrogen and oxygen atoms in total. The van der Waals surface area contributed by atoms with Crippen molar-refractivity contribution in [3.8, 4) is 11.5 Å². The van der Waals surface area contributed by atoms with E-state index in [0.29, 0.717) is 22.9 Å². The van der Waals surface area contributed by atoms with Crippen LogP contribution in [0.3, 0.4) is 0 Å². The third-order valence-corrected chi connectivity index (χ3v) is 3.76. The highest BCUT2D eigenvalue weighted by atomic mass is 16.5. The molecule has 0 bridgehead atoms. The van der Waals surface area contributed by atoms with Gasteiger partial charge < -0.3 is 20.1 Å². The number of pyridine rings is 1. The first-order chi connectivity index (χ1) is 12.2. The number of nitrogens with zero attached hydrogens (tertiary/aromatic N) is 1. The molecular weight excluding hydrogens is 318 g/mol. The number of carbonyl (C=O) groups excluding carboxylic acids is 1. The summed E-state index contributed by atoms with van der Waals surface area (Å²) in [6, 6.07) is 8.78. The standard InChI is InChI=1S/C19H25N3O3/c1-4-5-6-11-20-14-7-9-16(21-13-14)19(23)22-17-12-15(24-2)8-10-18(17)25-3/h7-10,12-13,20H,4-6,11H2,1-3H3,(H,22,23). The summed E-state index contributed by atoms with van der Waals surface area (Å²) in [7, 11) is 3.12. The van der Waals surface area contributed by atoms with Crippen LogP contribution in [0.25, 0.3) is 0 Å². The summed E-state index contributed by atoms with van der Waals surface area (Å²) in [4.78, 5) is 16.6. The van der Waals surface area contributed by atoms with Gasteiger partial charge in [0.25, 0.3) is 5.91 Å². The largest absolute Gasteiger partial charge is 0.497 e. The summed E-state index contributed by atoms with van der Waals surface area (Å²) >= 11 is 0. The van der Waals surface area contributed by atoms with Gasteiger partial charge in [0.1, 0.15) is 17.2 Å². The molecule has 0 aliphatic rings. The molecule has 0 radical (unpaired) electrons. The fourth-order valence-corrected chi connectivity index (χ4v) is 2.34. The normalized spacial score (nSPS) is 10.2. The third kappa shape index (κ3) is 5.38. The number of rotatable bonds is 9. The fraction of sp³-hybridized carbons (Fsp3) is 0.368. The van der Waals surface area contributed by atoms with E-state index in [9.17, 15) is 4.79 Å². The van der Waals surface area contributed by atoms with E-state index >= 15 is 0 Å². The molecule has 25 heavy (non-hydrogen) atoms. The Morgan fingerprint density at radius 2 is 1.96 bits per heavy atom. The van der Waals surface area contributed by atoms with E-state index in [2.05, 4.69) is 22.5 Å². The number of amides is 1. The highest BCUT2D eigenvalue weighted by Crippen LogP contribution is 2.29. The van der Waals surface area contributed by atoms with E-state index in [1.165, 1.54) is 12.8 Å². The van der Waals surface area contributed by atoms with Gasteiger partial charge in [-0.15, -0.1) is 0 Å². The van der Waals surface area contributed by atoms with Crippen LogP contribution >= 0.6 is 0 Å². The number of anilines is 2. The van der Waals surface area contributed by atoms with Crippen LogP contribution in [0.1, 0.15) is 36.7 Å². The second-order valence-corrected chi connectivity index (χ2v) is 5.59. The molecule has 1 amide bonds. The van der Waals surface area contributed by atoms with Gasteiger partial charge in [-0.05, 0) is 30.7 Å². The Morgan fingerprint density at radius 1 is 1.12 bits per heavy atom. The minimum Gasteiger partial charge on any atom is -0.497 e. The highest BCUT2D eigenvalue weighted by Gasteiger charge is 2.12. The van der Waals surface area contributed by atoms with Crippen molar-refractivity contribution in [2.45, 2.75) is 26.2 Å². The lowest BCUT2D eigenvalue weighted by Gasteiger charge is -2.12. The number of benzene rings is 1. The minimum atomic E-state index is -0.302. The molecule has 0 saturated heterocycles. The van der Waals surface area contributed by atoms with Crippen molar-refractivity contribution in [2.24, 2.45) is 0 Å². The van der Waals surface area contributed by atoms with Gasteiger partial charge in [0, 0.05) is 12.6 Å². The molecule has 0 saturated carbocycles. The Labute approximate surface area is 148 Å². The van der Waals surface area contributed by atoms with Crippen LogP contribution in [0, 0.1) is 0 Å². The Kier molecular flexibility index (Phi) is 7.07. The lowest BCUT2D eigenvalue weighted by atomic mass is 10.2. The quantitative estimate of drug-likeness (QED) is 0.675. The molecule has 0 unspecified atom stereocenters. The number of unbranched alkanes of at least 4 members (excludes halogenated alkanes) is 2. The molecule has 1 heterocycles. The molecule has 1 aromatic heterocycles. The van der Waals surface area contributed by atoms with Crippen molar-refractivity contribution in [3.05, 3.63) is 42.2 Å². The number of hydrogen-bond donors (Lipinski definition) is 2. The topological polar surface area (TPSA) is 72.5 Å². The van der Waals surface area contributed by atoms with E-state index in [1.54, 1.807) is 44.7 Å². The lowest BCUT2D eigenvalue weighted by Crippen LogP contribution is -2.14. The summed E-state index contributed by atoms with van der Waals surface area (Å²) in [5.74, 6) is 0.892. The maximum absolute atomic E-state index is 12.4. The van der Waals surface area contributed by atoms with Crippen molar-refractivity contribution in [3.63, 3.8) is 0 Å². The molecule has 2 N–H and O–H groups in total. The zero-order chi connectivity index (χ0) is 18.1. The first-order valence-electron chi connectivity index (χ1n) is 8.41. The van der Waals surface area contributed by atoms with Gasteiger partial charge in [-0.25, -0.2) is 4.98 Å². The Hall–Kier alpha value is -2.76. The first kappa shape index (κ1) is 18.6. The zero-order valence-electron chi connectivity index (χ0n) is 15.0. The van der Waals surface area contributed by atoms with Crippen LogP contribution < -0.4 is 20.1 Å². The fourth-order valence-electron chi connectivity index (χ4n) is 2.34. The maximum Gasteiger partial charge on any atom is 0.274 e. The number of nitrogens with one attached hydrogen (secondary N) is 2. The van der Waals surface area contributed by atoms with Gasteiger partial charge in [0.2, 0.25) is 0 Å². The molecule has 1 aromatic carbocycles. The van der Waals surface area contributed by atoms with Crippen LogP contribution in [0.5, 0.6) is 11.5 Å². The number of methoxy groups -OCH3 is 2. The average molecular weight is 343 g/mol. The van der Waals surface area contributed by atoms with Crippen LogP contribution in [0.4, 0.5) is 11.4 Å². The van der Waals surface area contributed by atoms with Gasteiger partial charge in [0.15, 0.2) is 0 Å². The number of aromatic nitrogens is 1. The smallest absolute Gasteiger partial charge is 0.274 e. The molecule has 0 aliphatic heterocycles. The maximum atomic E-state index is 12.4. The molecule has 0 spiro atoms.